The Hall–Kier alpha value is -2.41. The van der Waals surface area contributed by atoms with Gasteiger partial charge in [-0.3, -0.25) is 14.4 Å². The number of piperidine rings is 1. The van der Waals surface area contributed by atoms with Gasteiger partial charge in [0.1, 0.15) is 0 Å². The second-order valence-corrected chi connectivity index (χ2v) is 6.43. The number of ether oxygens (including phenoxy) is 1. The summed E-state index contributed by atoms with van der Waals surface area (Å²) in [4.78, 5) is 39.2. The van der Waals surface area contributed by atoms with Gasteiger partial charge < -0.3 is 19.6 Å². The van der Waals surface area contributed by atoms with Crippen LogP contribution in [0.2, 0.25) is 0 Å². The molecule has 1 heterocycles. The number of carboxylic acid groups (broad SMARTS) is 1. The van der Waals surface area contributed by atoms with E-state index in [1.54, 1.807) is 11.9 Å². The summed E-state index contributed by atoms with van der Waals surface area (Å²) < 4.78 is 5.60. The van der Waals surface area contributed by atoms with Crippen molar-refractivity contribution in [1.29, 1.82) is 0 Å². The van der Waals surface area contributed by atoms with Crippen LogP contribution in [0.25, 0.3) is 0 Å². The molecular formula is C19H26N2O5. The van der Waals surface area contributed by atoms with Crippen molar-refractivity contribution < 1.29 is 24.2 Å². The van der Waals surface area contributed by atoms with Crippen molar-refractivity contribution in [2.45, 2.75) is 25.9 Å². The number of carbonyl (C=O) groups is 3. The molecule has 1 aromatic rings. The van der Waals surface area contributed by atoms with Crippen molar-refractivity contribution in [3.05, 3.63) is 35.9 Å². The lowest BCUT2D eigenvalue weighted by molar-refractivity contribution is -0.149. The summed E-state index contributed by atoms with van der Waals surface area (Å²) in [7, 11) is 1.58. The second-order valence-electron chi connectivity index (χ2n) is 6.43. The molecule has 0 aliphatic carbocycles. The third-order valence-electron chi connectivity index (χ3n) is 4.61. The van der Waals surface area contributed by atoms with Crippen LogP contribution in [0.3, 0.4) is 0 Å². The molecule has 2 amide bonds. The molecule has 1 aromatic carbocycles. The molecule has 7 heteroatoms. The van der Waals surface area contributed by atoms with Crippen molar-refractivity contribution in [2.24, 2.45) is 5.92 Å². The maximum Gasteiger partial charge on any atom is 0.306 e. The topological polar surface area (TPSA) is 87.2 Å². The first-order chi connectivity index (χ1) is 12.4. The Morgan fingerprint density at radius 3 is 2.38 bits per heavy atom. The van der Waals surface area contributed by atoms with E-state index in [4.69, 9.17) is 9.84 Å². The van der Waals surface area contributed by atoms with Gasteiger partial charge in [0, 0.05) is 26.7 Å². The molecule has 7 nitrogen and oxygen atoms in total. The van der Waals surface area contributed by atoms with Gasteiger partial charge in [-0.2, -0.15) is 0 Å². The van der Waals surface area contributed by atoms with E-state index in [9.17, 15) is 14.4 Å². The molecule has 0 radical (unpaired) electrons. The van der Waals surface area contributed by atoms with E-state index in [1.807, 2.05) is 37.3 Å². The Bertz CT molecular complexity index is 626. The fraction of sp³-hybridized carbons (Fsp3) is 0.526. The number of aliphatic carboxylic acids is 1. The summed E-state index contributed by atoms with van der Waals surface area (Å²) in [6.07, 6.45) is 0.158. The smallest absolute Gasteiger partial charge is 0.306 e. The van der Waals surface area contributed by atoms with Crippen molar-refractivity contribution in [1.82, 2.24) is 9.80 Å². The molecule has 0 saturated carbocycles. The van der Waals surface area contributed by atoms with Gasteiger partial charge in [0.25, 0.3) is 5.91 Å². The highest BCUT2D eigenvalue weighted by atomic mass is 16.5. The third-order valence-corrected chi connectivity index (χ3v) is 4.61. The predicted molar refractivity (Wildman–Crippen MR) is 95.4 cm³/mol. The molecular weight excluding hydrogens is 336 g/mol. The zero-order valence-corrected chi connectivity index (χ0v) is 15.3. The van der Waals surface area contributed by atoms with Crippen molar-refractivity contribution in [2.75, 3.05) is 33.3 Å². The highest BCUT2D eigenvalue weighted by Gasteiger charge is 2.30. The molecule has 26 heavy (non-hydrogen) atoms. The number of rotatable bonds is 7. The number of nitrogens with zero attached hydrogens (tertiary/aromatic N) is 2. The first-order valence-corrected chi connectivity index (χ1v) is 8.86. The summed E-state index contributed by atoms with van der Waals surface area (Å²) in [5.74, 6) is -1.65. The maximum absolute atomic E-state index is 12.7. The highest BCUT2D eigenvalue weighted by Crippen LogP contribution is 2.21. The van der Waals surface area contributed by atoms with Crippen LogP contribution in [0.4, 0.5) is 0 Å². The molecule has 0 spiro atoms. The number of carboxylic acids is 1. The number of benzene rings is 1. The quantitative estimate of drug-likeness (QED) is 0.795. The maximum atomic E-state index is 12.7. The molecule has 1 fully saturated rings. The molecule has 0 aromatic heterocycles. The highest BCUT2D eigenvalue weighted by molar-refractivity contribution is 5.87. The Kier molecular flexibility index (Phi) is 7.15. The fourth-order valence-electron chi connectivity index (χ4n) is 3.06. The molecule has 1 saturated heterocycles. The minimum Gasteiger partial charge on any atom is -0.481 e. The van der Waals surface area contributed by atoms with Crippen LogP contribution in [0.1, 0.15) is 31.4 Å². The number of likely N-dealkylation sites (tertiary alicyclic amines) is 1. The van der Waals surface area contributed by atoms with Gasteiger partial charge in [0.15, 0.2) is 6.10 Å². The first kappa shape index (κ1) is 19.9. The van der Waals surface area contributed by atoms with E-state index in [-0.39, 0.29) is 24.3 Å². The average molecular weight is 362 g/mol. The summed E-state index contributed by atoms with van der Waals surface area (Å²) in [5, 5.41) is 9.03. The Labute approximate surface area is 153 Å². The lowest BCUT2D eigenvalue weighted by atomic mass is 9.97. The lowest BCUT2D eigenvalue weighted by Crippen LogP contribution is -2.46. The van der Waals surface area contributed by atoms with Crippen LogP contribution >= 0.6 is 0 Å². The van der Waals surface area contributed by atoms with E-state index in [0.29, 0.717) is 32.5 Å². The zero-order chi connectivity index (χ0) is 19.1. The van der Waals surface area contributed by atoms with Crippen LogP contribution in [0.15, 0.2) is 30.3 Å². The number of carbonyl (C=O) groups excluding carboxylic acids is 2. The van der Waals surface area contributed by atoms with Crippen molar-refractivity contribution >= 4 is 17.8 Å². The summed E-state index contributed by atoms with van der Waals surface area (Å²) in [6.45, 7) is 2.97. The largest absolute Gasteiger partial charge is 0.481 e. The average Bonchev–Trinajstić information content (AvgIpc) is 2.66. The normalized spacial score (nSPS) is 16.2. The summed E-state index contributed by atoms with van der Waals surface area (Å²) >= 11 is 0. The SMILES string of the molecule is CCOC(C(=O)N(C)CC(=O)N1CCC(C(=O)O)CC1)c1ccccc1. The van der Waals surface area contributed by atoms with E-state index in [1.165, 1.54) is 4.90 Å². The van der Waals surface area contributed by atoms with Crippen molar-refractivity contribution in [3.63, 3.8) is 0 Å². The van der Waals surface area contributed by atoms with Gasteiger partial charge in [-0.15, -0.1) is 0 Å². The van der Waals surface area contributed by atoms with Gasteiger partial charge in [0.2, 0.25) is 5.91 Å². The Morgan fingerprint density at radius 1 is 1.23 bits per heavy atom. The predicted octanol–water partition coefficient (Wildman–Crippen LogP) is 1.55. The Balaban J connectivity index is 1.95. The second kappa shape index (κ2) is 9.33. The minimum absolute atomic E-state index is 0.0486. The Morgan fingerprint density at radius 2 is 1.85 bits per heavy atom. The summed E-state index contributed by atoms with van der Waals surface area (Å²) in [6, 6.07) is 9.19. The number of hydrogen-bond donors (Lipinski definition) is 1. The van der Waals surface area contributed by atoms with Gasteiger partial charge in [-0.25, -0.2) is 0 Å². The molecule has 1 atom stereocenters. The van der Waals surface area contributed by atoms with Crippen molar-refractivity contribution in [3.8, 4) is 0 Å². The van der Waals surface area contributed by atoms with Gasteiger partial charge in [-0.1, -0.05) is 30.3 Å². The fourth-order valence-corrected chi connectivity index (χ4v) is 3.06. The molecule has 142 valence electrons. The van der Waals surface area contributed by atoms with Gasteiger partial charge in [0.05, 0.1) is 12.5 Å². The number of amides is 2. The molecule has 2 rings (SSSR count). The number of likely N-dealkylation sites (N-methyl/N-ethyl adjacent to an activating group) is 1. The summed E-state index contributed by atoms with van der Waals surface area (Å²) in [5.41, 5.74) is 0.751. The van der Waals surface area contributed by atoms with E-state index in [0.717, 1.165) is 5.56 Å². The molecule has 0 bridgehead atoms. The van der Waals surface area contributed by atoms with Crippen LogP contribution in [0.5, 0.6) is 0 Å². The van der Waals surface area contributed by atoms with Crippen LogP contribution in [0, 0.1) is 5.92 Å². The monoisotopic (exact) mass is 362 g/mol. The van der Waals surface area contributed by atoms with E-state index >= 15 is 0 Å². The zero-order valence-electron chi connectivity index (χ0n) is 15.3. The van der Waals surface area contributed by atoms with Gasteiger partial charge in [-0.05, 0) is 25.3 Å². The van der Waals surface area contributed by atoms with E-state index < -0.39 is 12.1 Å². The van der Waals surface area contributed by atoms with Crippen LogP contribution < -0.4 is 0 Å². The van der Waals surface area contributed by atoms with Gasteiger partial charge >= 0.3 is 5.97 Å². The van der Waals surface area contributed by atoms with E-state index in [2.05, 4.69) is 0 Å². The number of hydrogen-bond acceptors (Lipinski definition) is 4. The first-order valence-electron chi connectivity index (χ1n) is 8.86. The van der Waals surface area contributed by atoms with Crippen LogP contribution in [-0.4, -0.2) is 66.0 Å². The standard InChI is InChI=1S/C19H26N2O5/c1-3-26-17(14-7-5-4-6-8-14)18(23)20(2)13-16(22)21-11-9-15(10-12-21)19(24)25/h4-8,15,17H,3,9-13H2,1-2H3,(H,24,25). The third kappa shape index (κ3) is 5.05. The molecule has 1 unspecified atom stereocenters. The minimum atomic E-state index is -0.813. The van der Waals surface area contributed by atoms with Crippen LogP contribution in [-0.2, 0) is 19.1 Å². The molecule has 1 aliphatic heterocycles. The lowest BCUT2D eigenvalue weighted by Gasteiger charge is -2.32. The molecule has 1 N–H and O–H groups in total. The molecule has 1 aliphatic rings.